The number of amides is 2. The van der Waals surface area contributed by atoms with Crippen LogP contribution in [0.2, 0.25) is 5.02 Å². The van der Waals surface area contributed by atoms with E-state index in [1.54, 1.807) is 0 Å². The topological polar surface area (TPSA) is 76.0 Å². The summed E-state index contributed by atoms with van der Waals surface area (Å²) in [5.74, 6) is -0.917. The summed E-state index contributed by atoms with van der Waals surface area (Å²) >= 11 is 5.90. The van der Waals surface area contributed by atoms with Gasteiger partial charge in [0.15, 0.2) is 0 Å². The Bertz CT molecular complexity index is 1260. The van der Waals surface area contributed by atoms with Gasteiger partial charge in [0.2, 0.25) is 11.9 Å². The van der Waals surface area contributed by atoms with E-state index in [2.05, 4.69) is 15.6 Å². The third kappa shape index (κ3) is 4.57. The lowest BCUT2D eigenvalue weighted by molar-refractivity contribution is -0.116. The average molecular weight is 437 g/mol. The molecule has 0 aliphatic carbocycles. The molecule has 4 rings (SSSR count). The van der Waals surface area contributed by atoms with E-state index >= 15 is 0 Å². The van der Waals surface area contributed by atoms with Crippen molar-refractivity contribution in [2.75, 3.05) is 11.9 Å². The second-order valence-corrected chi connectivity index (χ2v) is 7.18. The molecule has 0 atom stereocenters. The number of hydrogen-bond acceptors (Lipinski definition) is 3. The van der Waals surface area contributed by atoms with Gasteiger partial charge in [-0.3, -0.25) is 19.5 Å². The van der Waals surface area contributed by atoms with Crippen LogP contribution in [0.25, 0.3) is 16.7 Å². The zero-order chi connectivity index (χ0) is 21.8. The molecule has 31 heavy (non-hydrogen) atoms. The number of nitrogens with one attached hydrogen (secondary N) is 2. The van der Waals surface area contributed by atoms with Gasteiger partial charge < -0.3 is 5.32 Å². The van der Waals surface area contributed by atoms with E-state index in [4.69, 9.17) is 11.6 Å². The van der Waals surface area contributed by atoms with Crippen LogP contribution in [0.4, 0.5) is 10.3 Å². The third-order valence-electron chi connectivity index (χ3n) is 4.64. The maximum atomic E-state index is 13.1. The van der Waals surface area contributed by atoms with Crippen LogP contribution in [-0.2, 0) is 4.79 Å². The van der Waals surface area contributed by atoms with E-state index in [1.807, 2.05) is 59.2 Å². The first-order valence-corrected chi connectivity index (χ1v) is 9.97. The lowest BCUT2D eigenvalue weighted by Gasteiger charge is -2.11. The Kier molecular flexibility index (Phi) is 5.95. The number of anilines is 1. The van der Waals surface area contributed by atoms with Gasteiger partial charge in [0, 0.05) is 18.7 Å². The van der Waals surface area contributed by atoms with E-state index in [0.29, 0.717) is 5.95 Å². The van der Waals surface area contributed by atoms with Crippen molar-refractivity contribution in [1.82, 2.24) is 14.9 Å². The minimum atomic E-state index is -0.526. The third-order valence-corrected chi connectivity index (χ3v) is 4.95. The van der Waals surface area contributed by atoms with Crippen LogP contribution < -0.4 is 10.6 Å². The summed E-state index contributed by atoms with van der Waals surface area (Å²) in [6, 6.07) is 20.7. The van der Waals surface area contributed by atoms with Gasteiger partial charge in [0.1, 0.15) is 5.82 Å². The van der Waals surface area contributed by atoms with Gasteiger partial charge in [-0.15, -0.1) is 0 Å². The molecule has 0 aliphatic rings. The van der Waals surface area contributed by atoms with Crippen molar-refractivity contribution in [3.05, 3.63) is 89.2 Å². The number of benzene rings is 3. The number of carbonyl (C=O) groups is 2. The summed E-state index contributed by atoms with van der Waals surface area (Å²) in [5.41, 5.74) is 2.63. The zero-order valence-corrected chi connectivity index (χ0v) is 17.1. The van der Waals surface area contributed by atoms with Crippen molar-refractivity contribution in [2.24, 2.45) is 0 Å². The van der Waals surface area contributed by atoms with Crippen LogP contribution in [0.3, 0.4) is 0 Å². The van der Waals surface area contributed by atoms with Crippen LogP contribution in [0.15, 0.2) is 72.8 Å². The fraction of sp³-hybridized carbons (Fsp3) is 0.0870. The van der Waals surface area contributed by atoms with E-state index in [0.717, 1.165) is 28.9 Å². The molecule has 0 unspecified atom stereocenters. The molecule has 0 saturated carbocycles. The highest BCUT2D eigenvalue weighted by molar-refractivity contribution is 6.33. The highest BCUT2D eigenvalue weighted by Crippen LogP contribution is 2.24. The number of halogens is 2. The molecule has 156 valence electrons. The van der Waals surface area contributed by atoms with Gasteiger partial charge in [0.25, 0.3) is 5.91 Å². The largest absolute Gasteiger partial charge is 0.351 e. The first kappa shape index (κ1) is 20.6. The predicted octanol–water partition coefficient (Wildman–Crippen LogP) is 4.58. The van der Waals surface area contributed by atoms with E-state index in [1.165, 1.54) is 6.07 Å². The summed E-state index contributed by atoms with van der Waals surface area (Å²) in [5, 5.41) is 5.44. The molecule has 0 bridgehead atoms. The van der Waals surface area contributed by atoms with Crippen molar-refractivity contribution < 1.29 is 14.0 Å². The number of fused-ring (bicyclic) bond motifs is 1. The molecule has 0 saturated heterocycles. The summed E-state index contributed by atoms with van der Waals surface area (Å²) in [6.45, 7) is 0.0872. The highest BCUT2D eigenvalue weighted by Gasteiger charge is 2.15. The van der Waals surface area contributed by atoms with Gasteiger partial charge in [0.05, 0.1) is 21.6 Å². The maximum absolute atomic E-state index is 13.1. The molecule has 0 fully saturated rings. The molecular formula is C23H18ClFN4O2. The number of imidazole rings is 1. The van der Waals surface area contributed by atoms with E-state index in [-0.39, 0.29) is 29.5 Å². The van der Waals surface area contributed by atoms with Crippen LogP contribution >= 0.6 is 11.6 Å². The van der Waals surface area contributed by atoms with Crippen LogP contribution in [0, 0.1) is 5.82 Å². The minimum absolute atomic E-state index is 0.0125. The van der Waals surface area contributed by atoms with E-state index in [9.17, 15) is 14.0 Å². The van der Waals surface area contributed by atoms with Crippen molar-refractivity contribution in [2.45, 2.75) is 6.42 Å². The van der Waals surface area contributed by atoms with Crippen molar-refractivity contribution in [3.8, 4) is 5.69 Å². The van der Waals surface area contributed by atoms with Gasteiger partial charge in [-0.2, -0.15) is 0 Å². The number of para-hydroxylation sites is 3. The molecule has 3 aromatic carbocycles. The van der Waals surface area contributed by atoms with Gasteiger partial charge in [-0.1, -0.05) is 41.9 Å². The minimum Gasteiger partial charge on any atom is -0.351 e. The van der Waals surface area contributed by atoms with Crippen molar-refractivity contribution >= 4 is 40.4 Å². The average Bonchev–Trinajstić information content (AvgIpc) is 3.11. The van der Waals surface area contributed by atoms with Gasteiger partial charge >= 0.3 is 0 Å². The molecule has 0 radical (unpaired) electrons. The number of carbonyl (C=O) groups excluding carboxylic acids is 2. The van der Waals surface area contributed by atoms with Crippen LogP contribution in [0.1, 0.15) is 16.8 Å². The quantitative estimate of drug-likeness (QED) is 0.464. The summed E-state index contributed by atoms with van der Waals surface area (Å²) in [7, 11) is 0. The van der Waals surface area contributed by atoms with Crippen LogP contribution in [0.5, 0.6) is 0 Å². The molecule has 0 aliphatic heterocycles. The number of aromatic nitrogens is 2. The van der Waals surface area contributed by atoms with Crippen molar-refractivity contribution in [3.63, 3.8) is 0 Å². The standard InChI is InChI=1S/C23H18ClFN4O2/c24-18-14-15(25)10-11-17(18)22(31)26-13-12-21(30)28-23-27-19-8-4-5-9-20(19)29(23)16-6-2-1-3-7-16/h1-11,14H,12-13H2,(H,26,31)(H,27,28,30). The number of nitrogens with zero attached hydrogens (tertiary/aromatic N) is 2. The normalized spacial score (nSPS) is 10.8. The number of hydrogen-bond donors (Lipinski definition) is 2. The first-order chi connectivity index (χ1) is 15.0. The summed E-state index contributed by atoms with van der Waals surface area (Å²) in [4.78, 5) is 29.2. The molecule has 4 aromatic rings. The molecule has 6 nitrogen and oxygen atoms in total. The lowest BCUT2D eigenvalue weighted by atomic mass is 10.2. The van der Waals surface area contributed by atoms with Crippen molar-refractivity contribution in [1.29, 1.82) is 0 Å². The van der Waals surface area contributed by atoms with E-state index < -0.39 is 11.7 Å². The first-order valence-electron chi connectivity index (χ1n) is 9.59. The summed E-state index contributed by atoms with van der Waals surface area (Å²) in [6.07, 6.45) is 0.0303. The molecule has 8 heteroatoms. The Morgan fingerprint density at radius 2 is 1.74 bits per heavy atom. The fourth-order valence-electron chi connectivity index (χ4n) is 3.19. The lowest BCUT2D eigenvalue weighted by Crippen LogP contribution is -2.28. The Morgan fingerprint density at radius 3 is 2.52 bits per heavy atom. The zero-order valence-electron chi connectivity index (χ0n) is 16.3. The molecular weight excluding hydrogens is 419 g/mol. The molecule has 1 heterocycles. The van der Waals surface area contributed by atoms with Crippen LogP contribution in [-0.4, -0.2) is 27.9 Å². The predicted molar refractivity (Wildman–Crippen MR) is 118 cm³/mol. The molecule has 1 aromatic heterocycles. The monoisotopic (exact) mass is 436 g/mol. The second-order valence-electron chi connectivity index (χ2n) is 6.77. The smallest absolute Gasteiger partial charge is 0.252 e. The molecule has 2 amide bonds. The Morgan fingerprint density at radius 1 is 1.00 bits per heavy atom. The molecule has 0 spiro atoms. The van der Waals surface area contributed by atoms with Gasteiger partial charge in [-0.25, -0.2) is 9.37 Å². The Hall–Kier alpha value is -3.71. The Balaban J connectivity index is 1.45. The second kappa shape index (κ2) is 8.97. The fourth-order valence-corrected chi connectivity index (χ4v) is 3.45. The maximum Gasteiger partial charge on any atom is 0.252 e. The highest BCUT2D eigenvalue weighted by atomic mass is 35.5. The molecule has 2 N–H and O–H groups in total. The van der Waals surface area contributed by atoms with Gasteiger partial charge in [-0.05, 0) is 42.5 Å². The Labute approximate surface area is 182 Å². The number of rotatable bonds is 6. The summed E-state index contributed by atoms with van der Waals surface area (Å²) < 4.78 is 15.0. The SMILES string of the molecule is O=C(CCNC(=O)c1ccc(F)cc1Cl)Nc1nc2ccccc2n1-c1ccccc1.